The number of terminal acetylenes is 1. The minimum atomic E-state index is -0.352. The Morgan fingerprint density at radius 2 is 1.86 bits per heavy atom. The van der Waals surface area contributed by atoms with Crippen LogP contribution in [0.15, 0.2) is 54.6 Å². The lowest BCUT2D eigenvalue weighted by atomic mass is 10.2. The third-order valence-electron chi connectivity index (χ3n) is 4.19. The van der Waals surface area contributed by atoms with Crippen LogP contribution in [0.2, 0.25) is 0 Å². The van der Waals surface area contributed by atoms with Gasteiger partial charge >= 0.3 is 6.03 Å². The van der Waals surface area contributed by atoms with Gasteiger partial charge in [0.25, 0.3) is 5.91 Å². The van der Waals surface area contributed by atoms with Crippen molar-refractivity contribution in [2.45, 2.75) is 12.8 Å². The number of rotatable bonds is 6. The zero-order valence-corrected chi connectivity index (χ0v) is 15.4. The molecule has 1 aliphatic rings. The predicted molar refractivity (Wildman–Crippen MR) is 107 cm³/mol. The molecule has 2 aromatic carbocycles. The molecule has 1 aliphatic heterocycles. The Morgan fingerprint density at radius 3 is 2.57 bits per heavy atom. The van der Waals surface area contributed by atoms with Crippen molar-refractivity contribution in [3.63, 3.8) is 0 Å². The van der Waals surface area contributed by atoms with Crippen molar-refractivity contribution in [1.29, 1.82) is 0 Å². The maximum absolute atomic E-state index is 12.8. The molecular formula is C21H22N4O3. The van der Waals surface area contributed by atoms with Gasteiger partial charge in [-0.1, -0.05) is 30.2 Å². The summed E-state index contributed by atoms with van der Waals surface area (Å²) in [5.41, 5.74) is 4.26. The monoisotopic (exact) mass is 378 g/mol. The third-order valence-corrected chi connectivity index (χ3v) is 4.19. The zero-order valence-electron chi connectivity index (χ0n) is 15.4. The van der Waals surface area contributed by atoms with Crippen molar-refractivity contribution in [3.05, 3.63) is 60.2 Å². The van der Waals surface area contributed by atoms with E-state index >= 15 is 0 Å². The Balaban J connectivity index is 1.75. The summed E-state index contributed by atoms with van der Waals surface area (Å²) in [4.78, 5) is 30.5. The summed E-state index contributed by atoms with van der Waals surface area (Å²) < 4.78 is 0. The highest BCUT2D eigenvalue weighted by molar-refractivity contribution is 6.05. The third kappa shape index (κ3) is 5.10. The highest BCUT2D eigenvalue weighted by Crippen LogP contribution is 2.22. The van der Waals surface area contributed by atoms with E-state index in [0.29, 0.717) is 16.9 Å². The fourth-order valence-electron chi connectivity index (χ4n) is 2.89. The summed E-state index contributed by atoms with van der Waals surface area (Å²) in [6.45, 7) is 1.62. The van der Waals surface area contributed by atoms with Crippen LogP contribution in [-0.2, 0) is 4.84 Å². The average molecular weight is 378 g/mol. The van der Waals surface area contributed by atoms with Crippen molar-refractivity contribution in [2.24, 2.45) is 0 Å². The van der Waals surface area contributed by atoms with E-state index in [2.05, 4.69) is 16.7 Å². The van der Waals surface area contributed by atoms with Crippen molar-refractivity contribution in [3.8, 4) is 12.3 Å². The molecule has 1 heterocycles. The van der Waals surface area contributed by atoms with E-state index in [0.717, 1.165) is 31.0 Å². The first-order valence-corrected chi connectivity index (χ1v) is 9.06. The molecule has 28 heavy (non-hydrogen) atoms. The SMILES string of the molecule is C#CCON(C(=O)c1ccccc1)c1cccc(NC(=O)NN2CCCC2)c1. The minimum Gasteiger partial charge on any atom is -0.307 e. The van der Waals surface area contributed by atoms with Gasteiger partial charge in [0.15, 0.2) is 0 Å². The number of hydroxylamine groups is 1. The number of carbonyl (C=O) groups excluding carboxylic acids is 2. The van der Waals surface area contributed by atoms with Gasteiger partial charge in [-0.05, 0) is 43.2 Å². The van der Waals surface area contributed by atoms with Crippen molar-refractivity contribution in [2.75, 3.05) is 30.1 Å². The summed E-state index contributed by atoms with van der Waals surface area (Å²) in [6, 6.07) is 15.3. The molecule has 0 aliphatic carbocycles. The molecule has 3 amide bonds. The van der Waals surface area contributed by atoms with Crippen molar-refractivity contribution < 1.29 is 14.4 Å². The first kappa shape index (κ1) is 19.4. The molecule has 3 rings (SSSR count). The van der Waals surface area contributed by atoms with E-state index < -0.39 is 0 Å². The highest BCUT2D eigenvalue weighted by atomic mass is 16.7. The normalized spacial score (nSPS) is 13.5. The molecular weight excluding hydrogens is 356 g/mol. The lowest BCUT2D eigenvalue weighted by molar-refractivity contribution is 0.0722. The Bertz CT molecular complexity index is 857. The van der Waals surface area contributed by atoms with Gasteiger partial charge in [-0.25, -0.2) is 9.80 Å². The molecule has 7 nitrogen and oxygen atoms in total. The van der Waals surface area contributed by atoms with Gasteiger partial charge in [0.1, 0.15) is 6.61 Å². The number of urea groups is 1. The number of nitrogens with zero attached hydrogens (tertiary/aromatic N) is 2. The number of benzene rings is 2. The molecule has 1 fully saturated rings. The number of hydrazine groups is 1. The first-order valence-electron chi connectivity index (χ1n) is 9.06. The maximum Gasteiger partial charge on any atom is 0.333 e. The van der Waals surface area contributed by atoms with E-state index in [1.807, 2.05) is 11.1 Å². The molecule has 0 bridgehead atoms. The molecule has 0 unspecified atom stereocenters. The van der Waals surface area contributed by atoms with Gasteiger partial charge in [-0.3, -0.25) is 15.1 Å². The number of carbonyl (C=O) groups is 2. The molecule has 1 saturated heterocycles. The fraction of sp³-hybridized carbons (Fsp3) is 0.238. The Morgan fingerprint density at radius 1 is 1.11 bits per heavy atom. The molecule has 0 atom stereocenters. The molecule has 0 aromatic heterocycles. The largest absolute Gasteiger partial charge is 0.333 e. The van der Waals surface area contributed by atoms with E-state index in [1.54, 1.807) is 48.5 Å². The molecule has 0 radical (unpaired) electrons. The van der Waals surface area contributed by atoms with Crippen LogP contribution >= 0.6 is 0 Å². The fourth-order valence-corrected chi connectivity index (χ4v) is 2.89. The molecule has 144 valence electrons. The second-order valence-corrected chi connectivity index (χ2v) is 6.25. The minimum absolute atomic E-state index is 0.0638. The van der Waals surface area contributed by atoms with E-state index in [9.17, 15) is 9.59 Å². The van der Waals surface area contributed by atoms with Gasteiger partial charge in [-0.15, -0.1) is 6.42 Å². The van der Waals surface area contributed by atoms with Crippen LogP contribution in [0.1, 0.15) is 23.2 Å². The number of anilines is 2. The van der Waals surface area contributed by atoms with Gasteiger partial charge in [0, 0.05) is 24.3 Å². The Kier molecular flexibility index (Phi) is 6.63. The van der Waals surface area contributed by atoms with Crippen LogP contribution in [0.25, 0.3) is 0 Å². The van der Waals surface area contributed by atoms with Crippen LogP contribution in [-0.4, -0.2) is 36.6 Å². The molecule has 2 N–H and O–H groups in total. The highest BCUT2D eigenvalue weighted by Gasteiger charge is 2.20. The number of nitrogens with one attached hydrogen (secondary N) is 2. The second-order valence-electron chi connectivity index (χ2n) is 6.25. The second kappa shape index (κ2) is 9.55. The Labute approximate surface area is 164 Å². The molecule has 2 aromatic rings. The number of amides is 3. The van der Waals surface area contributed by atoms with Crippen LogP contribution in [0.4, 0.5) is 16.2 Å². The summed E-state index contributed by atoms with van der Waals surface area (Å²) in [7, 11) is 0. The van der Waals surface area contributed by atoms with Crippen molar-refractivity contribution >= 4 is 23.3 Å². The van der Waals surface area contributed by atoms with E-state index in [4.69, 9.17) is 11.3 Å². The van der Waals surface area contributed by atoms with Gasteiger partial charge in [0.05, 0.1) is 5.69 Å². The van der Waals surface area contributed by atoms with Crippen LogP contribution in [0, 0.1) is 12.3 Å². The lowest BCUT2D eigenvalue weighted by Gasteiger charge is -2.22. The predicted octanol–water partition coefficient (Wildman–Crippen LogP) is 3.03. The van der Waals surface area contributed by atoms with E-state index in [-0.39, 0.29) is 18.5 Å². The summed E-state index contributed by atoms with van der Waals surface area (Å²) in [5, 5.41) is 5.79. The Hall–Kier alpha value is -3.34. The smallest absolute Gasteiger partial charge is 0.307 e. The summed E-state index contributed by atoms with van der Waals surface area (Å²) in [5.74, 6) is 2.01. The van der Waals surface area contributed by atoms with Gasteiger partial charge < -0.3 is 5.32 Å². The lowest BCUT2D eigenvalue weighted by Crippen LogP contribution is -2.42. The van der Waals surface area contributed by atoms with Crippen molar-refractivity contribution in [1.82, 2.24) is 10.4 Å². The summed E-state index contributed by atoms with van der Waals surface area (Å²) in [6.07, 6.45) is 7.42. The first-order chi connectivity index (χ1) is 13.7. The average Bonchev–Trinajstić information content (AvgIpc) is 3.22. The maximum atomic E-state index is 12.8. The van der Waals surface area contributed by atoms with E-state index in [1.165, 1.54) is 0 Å². The van der Waals surface area contributed by atoms with Gasteiger partial charge in [-0.2, -0.15) is 5.06 Å². The quantitative estimate of drug-likeness (QED) is 0.599. The molecule has 0 saturated carbocycles. The molecule has 7 heteroatoms. The molecule has 0 spiro atoms. The zero-order chi connectivity index (χ0) is 19.8. The number of hydrogen-bond donors (Lipinski definition) is 2. The van der Waals surface area contributed by atoms with Crippen LogP contribution in [0.3, 0.4) is 0 Å². The van der Waals surface area contributed by atoms with Crippen LogP contribution in [0.5, 0.6) is 0 Å². The standard InChI is InChI=1S/C21H22N4O3/c1-2-15-28-25(20(26)17-9-4-3-5-10-17)19-12-8-11-18(16-19)22-21(27)23-24-13-6-7-14-24/h1,3-5,8-12,16H,6-7,13-15H2,(H2,22,23,27). The summed E-state index contributed by atoms with van der Waals surface area (Å²) >= 11 is 0. The number of hydrogen-bond acceptors (Lipinski definition) is 4. The van der Waals surface area contributed by atoms with Crippen LogP contribution < -0.4 is 15.8 Å². The van der Waals surface area contributed by atoms with Gasteiger partial charge in [0.2, 0.25) is 0 Å². The topological polar surface area (TPSA) is 73.9 Å².